The van der Waals surface area contributed by atoms with E-state index in [0.717, 1.165) is 11.3 Å². The van der Waals surface area contributed by atoms with Gasteiger partial charge in [0.2, 0.25) is 17.7 Å². The normalized spacial score (nSPS) is 10.9. The molecule has 126 valence electrons. The van der Waals surface area contributed by atoms with E-state index in [9.17, 15) is 0 Å². The third-order valence-corrected chi connectivity index (χ3v) is 3.58. The molecule has 0 radical (unpaired) electrons. The molecule has 0 aliphatic carbocycles. The molecule has 0 aliphatic heterocycles. The smallest absolute Gasteiger partial charge is 0.259 e. The number of ether oxygens (including phenoxy) is 1. The predicted molar refractivity (Wildman–Crippen MR) is 91.0 cm³/mol. The molecule has 0 aliphatic rings. The van der Waals surface area contributed by atoms with E-state index in [1.807, 2.05) is 24.3 Å². The predicted octanol–water partition coefficient (Wildman–Crippen LogP) is 1.98. The Balaban J connectivity index is 1.57. The minimum absolute atomic E-state index is 0.188. The van der Waals surface area contributed by atoms with E-state index in [-0.39, 0.29) is 5.95 Å². The number of fused-ring (bicyclic) bond motifs is 1. The Kier molecular flexibility index (Phi) is 3.65. The fourth-order valence-electron chi connectivity index (χ4n) is 2.32. The zero-order valence-electron chi connectivity index (χ0n) is 13.4. The van der Waals surface area contributed by atoms with Gasteiger partial charge in [0.15, 0.2) is 5.76 Å². The second kappa shape index (κ2) is 6.11. The molecule has 0 fully saturated rings. The molecule has 0 bridgehead atoms. The fraction of sp³-hybridized carbons (Fsp3) is 0.125. The van der Waals surface area contributed by atoms with Crippen LogP contribution < -0.4 is 15.8 Å². The number of nitrogen functional groups attached to an aromatic ring is 1. The number of nitrogens with one attached hydrogen (secondary N) is 1. The molecule has 0 unspecified atom stereocenters. The highest BCUT2D eigenvalue weighted by Crippen LogP contribution is 2.18. The quantitative estimate of drug-likeness (QED) is 0.568. The van der Waals surface area contributed by atoms with Gasteiger partial charge in [0.1, 0.15) is 5.75 Å². The van der Waals surface area contributed by atoms with Crippen LogP contribution in [-0.2, 0) is 6.54 Å². The number of benzene rings is 1. The molecular weight excluding hydrogens is 322 g/mol. The van der Waals surface area contributed by atoms with Crippen molar-refractivity contribution < 1.29 is 9.15 Å². The third kappa shape index (κ3) is 2.94. The topological polar surface area (TPSA) is 116 Å². The highest BCUT2D eigenvalue weighted by molar-refractivity contribution is 5.52. The van der Waals surface area contributed by atoms with Gasteiger partial charge in [-0.15, -0.1) is 5.10 Å². The number of methoxy groups -OCH3 is 1. The molecule has 3 aromatic heterocycles. The SMILES string of the molecule is COc1ccc(CNc2nc(N)n3nc(-c4ccco4)nc3n2)cc1. The van der Waals surface area contributed by atoms with Crippen LogP contribution in [0, 0.1) is 0 Å². The maximum atomic E-state index is 5.95. The van der Waals surface area contributed by atoms with E-state index >= 15 is 0 Å². The molecule has 4 aromatic rings. The Morgan fingerprint density at radius 1 is 1.16 bits per heavy atom. The summed E-state index contributed by atoms with van der Waals surface area (Å²) < 4.78 is 11.8. The summed E-state index contributed by atoms with van der Waals surface area (Å²) in [6, 6.07) is 11.2. The maximum Gasteiger partial charge on any atom is 0.259 e. The van der Waals surface area contributed by atoms with Crippen LogP contribution in [0.2, 0.25) is 0 Å². The summed E-state index contributed by atoms with van der Waals surface area (Å²) >= 11 is 0. The Labute approximate surface area is 142 Å². The van der Waals surface area contributed by atoms with Crippen molar-refractivity contribution in [2.75, 3.05) is 18.2 Å². The van der Waals surface area contributed by atoms with Crippen LogP contribution >= 0.6 is 0 Å². The van der Waals surface area contributed by atoms with Crippen molar-refractivity contribution in [1.82, 2.24) is 24.6 Å². The molecule has 3 heterocycles. The number of hydrogen-bond donors (Lipinski definition) is 2. The highest BCUT2D eigenvalue weighted by Gasteiger charge is 2.13. The highest BCUT2D eigenvalue weighted by atomic mass is 16.5. The molecule has 1 aromatic carbocycles. The van der Waals surface area contributed by atoms with Crippen LogP contribution in [0.4, 0.5) is 11.9 Å². The monoisotopic (exact) mass is 337 g/mol. The van der Waals surface area contributed by atoms with Crippen LogP contribution in [0.15, 0.2) is 47.1 Å². The van der Waals surface area contributed by atoms with Gasteiger partial charge in [0.05, 0.1) is 13.4 Å². The lowest BCUT2D eigenvalue weighted by Gasteiger charge is -2.06. The van der Waals surface area contributed by atoms with Crippen molar-refractivity contribution in [3.8, 4) is 17.3 Å². The molecule has 0 spiro atoms. The van der Waals surface area contributed by atoms with Gasteiger partial charge in [0.25, 0.3) is 5.78 Å². The van der Waals surface area contributed by atoms with Gasteiger partial charge in [-0.3, -0.25) is 0 Å². The second-order valence-electron chi connectivity index (χ2n) is 5.23. The van der Waals surface area contributed by atoms with Crippen LogP contribution in [-0.4, -0.2) is 31.7 Å². The van der Waals surface area contributed by atoms with Crippen LogP contribution in [0.25, 0.3) is 17.4 Å². The molecular formula is C16H15N7O2. The minimum Gasteiger partial charge on any atom is -0.497 e. The van der Waals surface area contributed by atoms with Crippen molar-refractivity contribution in [2.45, 2.75) is 6.54 Å². The summed E-state index contributed by atoms with van der Waals surface area (Å²) in [6.45, 7) is 0.540. The number of hydrogen-bond acceptors (Lipinski definition) is 8. The van der Waals surface area contributed by atoms with Crippen molar-refractivity contribution in [3.05, 3.63) is 48.2 Å². The summed E-state index contributed by atoms with van der Waals surface area (Å²) in [6.07, 6.45) is 1.55. The number of furan rings is 1. The van der Waals surface area contributed by atoms with Gasteiger partial charge in [-0.05, 0) is 29.8 Å². The fourth-order valence-corrected chi connectivity index (χ4v) is 2.32. The van der Waals surface area contributed by atoms with Crippen LogP contribution in [0.3, 0.4) is 0 Å². The first-order valence-corrected chi connectivity index (χ1v) is 7.54. The van der Waals surface area contributed by atoms with E-state index in [1.54, 1.807) is 25.5 Å². The Morgan fingerprint density at radius 2 is 2.00 bits per heavy atom. The van der Waals surface area contributed by atoms with E-state index in [2.05, 4.69) is 25.4 Å². The van der Waals surface area contributed by atoms with Crippen molar-refractivity contribution in [3.63, 3.8) is 0 Å². The molecule has 0 atom stereocenters. The molecule has 25 heavy (non-hydrogen) atoms. The first-order valence-electron chi connectivity index (χ1n) is 7.54. The summed E-state index contributed by atoms with van der Waals surface area (Å²) in [7, 11) is 1.63. The molecule has 0 saturated heterocycles. The van der Waals surface area contributed by atoms with Gasteiger partial charge in [-0.25, -0.2) is 0 Å². The van der Waals surface area contributed by atoms with Gasteiger partial charge in [-0.2, -0.15) is 19.5 Å². The van der Waals surface area contributed by atoms with Crippen molar-refractivity contribution in [1.29, 1.82) is 0 Å². The average Bonchev–Trinajstić information content (AvgIpc) is 3.30. The Bertz CT molecular complexity index is 993. The zero-order valence-corrected chi connectivity index (χ0v) is 13.4. The van der Waals surface area contributed by atoms with E-state index in [4.69, 9.17) is 14.9 Å². The first-order chi connectivity index (χ1) is 12.2. The van der Waals surface area contributed by atoms with Crippen molar-refractivity contribution >= 4 is 17.7 Å². The van der Waals surface area contributed by atoms with E-state index in [0.29, 0.717) is 29.9 Å². The standard InChI is InChI=1S/C16H15N7O2/c1-24-11-6-4-10(5-7-11)9-18-15-20-14(17)23-16(21-15)19-13(22-23)12-3-2-8-25-12/h2-8H,9H2,1H3,(H3,17,18,19,20,21,22). The molecule has 9 heteroatoms. The van der Waals surface area contributed by atoms with Gasteiger partial charge in [-0.1, -0.05) is 12.1 Å². The summed E-state index contributed by atoms with van der Waals surface area (Å²) in [5, 5.41) is 7.38. The lowest BCUT2D eigenvalue weighted by molar-refractivity contribution is 0.414. The van der Waals surface area contributed by atoms with Gasteiger partial charge < -0.3 is 20.2 Å². The number of nitrogens with two attached hydrogens (primary N) is 1. The number of rotatable bonds is 5. The van der Waals surface area contributed by atoms with E-state index in [1.165, 1.54) is 4.52 Å². The maximum absolute atomic E-state index is 5.95. The third-order valence-electron chi connectivity index (χ3n) is 3.58. The largest absolute Gasteiger partial charge is 0.497 e. The van der Waals surface area contributed by atoms with Gasteiger partial charge >= 0.3 is 0 Å². The summed E-state index contributed by atoms with van der Waals surface area (Å²) in [4.78, 5) is 12.9. The van der Waals surface area contributed by atoms with Crippen LogP contribution in [0.5, 0.6) is 5.75 Å². The Hall–Kier alpha value is -3.62. The van der Waals surface area contributed by atoms with Gasteiger partial charge in [0, 0.05) is 6.54 Å². The Morgan fingerprint density at radius 3 is 2.72 bits per heavy atom. The summed E-state index contributed by atoms with van der Waals surface area (Å²) in [5.41, 5.74) is 7.01. The molecule has 0 amide bonds. The number of anilines is 2. The first kappa shape index (κ1) is 14.9. The molecule has 3 N–H and O–H groups in total. The lowest BCUT2D eigenvalue weighted by atomic mass is 10.2. The second-order valence-corrected chi connectivity index (χ2v) is 5.23. The number of nitrogens with zero attached hydrogens (tertiary/aromatic N) is 5. The molecule has 9 nitrogen and oxygen atoms in total. The lowest BCUT2D eigenvalue weighted by Crippen LogP contribution is -2.09. The number of aromatic nitrogens is 5. The van der Waals surface area contributed by atoms with Crippen LogP contribution in [0.1, 0.15) is 5.56 Å². The van der Waals surface area contributed by atoms with E-state index < -0.39 is 0 Å². The molecule has 0 saturated carbocycles. The minimum atomic E-state index is 0.188. The summed E-state index contributed by atoms with van der Waals surface area (Å²) in [5.74, 6) is 2.65. The zero-order chi connectivity index (χ0) is 17.2. The molecule has 4 rings (SSSR count). The average molecular weight is 337 g/mol. The van der Waals surface area contributed by atoms with Crippen molar-refractivity contribution in [2.24, 2.45) is 0 Å².